The van der Waals surface area contributed by atoms with Crippen LogP contribution in [0.5, 0.6) is 0 Å². The summed E-state index contributed by atoms with van der Waals surface area (Å²) in [6.07, 6.45) is 7.89. The van der Waals surface area contributed by atoms with E-state index in [0.29, 0.717) is 6.42 Å². The molecule has 0 saturated heterocycles. The quantitative estimate of drug-likeness (QED) is 0.599. The highest BCUT2D eigenvalue weighted by Gasteiger charge is 1.94. The number of hydrogen-bond donors (Lipinski definition) is 2. The first kappa shape index (κ1) is 11.7. The van der Waals surface area contributed by atoms with E-state index in [4.69, 9.17) is 5.73 Å². The summed E-state index contributed by atoms with van der Waals surface area (Å²) in [5, 5.41) is 3.26. The number of carbonyl (C=O) groups excluding carboxylic acids is 1. The Labute approximate surface area is 89.7 Å². The van der Waals surface area contributed by atoms with Gasteiger partial charge >= 0.3 is 0 Å². The van der Waals surface area contributed by atoms with Crippen LogP contribution in [0.3, 0.4) is 0 Å². The van der Waals surface area contributed by atoms with Gasteiger partial charge in [-0.1, -0.05) is 0 Å². The van der Waals surface area contributed by atoms with E-state index in [-0.39, 0.29) is 5.91 Å². The van der Waals surface area contributed by atoms with E-state index in [1.165, 1.54) is 0 Å². The average molecular weight is 210 g/mol. The molecule has 84 valence electrons. The van der Waals surface area contributed by atoms with Gasteiger partial charge in [-0.15, -0.1) is 0 Å². The van der Waals surface area contributed by atoms with E-state index in [0.717, 1.165) is 32.5 Å². The van der Waals surface area contributed by atoms with Crippen LogP contribution in [0.15, 0.2) is 18.7 Å². The third-order valence-electron chi connectivity index (χ3n) is 2.11. The number of primary amides is 1. The van der Waals surface area contributed by atoms with Crippen molar-refractivity contribution >= 4 is 5.91 Å². The highest BCUT2D eigenvalue weighted by molar-refractivity contribution is 5.73. The maximum Gasteiger partial charge on any atom is 0.217 e. The number of imidazole rings is 1. The molecule has 0 bridgehead atoms. The summed E-state index contributed by atoms with van der Waals surface area (Å²) >= 11 is 0. The van der Waals surface area contributed by atoms with E-state index < -0.39 is 0 Å². The van der Waals surface area contributed by atoms with Crippen molar-refractivity contribution in [3.8, 4) is 0 Å². The van der Waals surface area contributed by atoms with Crippen molar-refractivity contribution in [3.05, 3.63) is 18.7 Å². The maximum atomic E-state index is 10.4. The minimum atomic E-state index is -0.227. The predicted octanol–water partition coefficient (Wildman–Crippen LogP) is 0.128. The Morgan fingerprint density at radius 2 is 2.20 bits per heavy atom. The van der Waals surface area contributed by atoms with Gasteiger partial charge in [0, 0.05) is 25.4 Å². The summed E-state index contributed by atoms with van der Waals surface area (Å²) in [5.41, 5.74) is 5.02. The van der Waals surface area contributed by atoms with Gasteiger partial charge in [-0.3, -0.25) is 4.79 Å². The molecule has 15 heavy (non-hydrogen) atoms. The van der Waals surface area contributed by atoms with Crippen LogP contribution in [0, 0.1) is 0 Å². The van der Waals surface area contributed by atoms with Crippen molar-refractivity contribution < 1.29 is 4.79 Å². The molecule has 0 aliphatic heterocycles. The molecule has 3 N–H and O–H groups in total. The van der Waals surface area contributed by atoms with Crippen LogP contribution in [0.2, 0.25) is 0 Å². The van der Waals surface area contributed by atoms with Gasteiger partial charge in [0.05, 0.1) is 6.33 Å². The Morgan fingerprint density at radius 3 is 2.87 bits per heavy atom. The molecule has 0 aliphatic carbocycles. The summed E-state index contributed by atoms with van der Waals surface area (Å²) in [4.78, 5) is 14.4. The summed E-state index contributed by atoms with van der Waals surface area (Å²) in [7, 11) is 0. The van der Waals surface area contributed by atoms with E-state index >= 15 is 0 Å². The van der Waals surface area contributed by atoms with Gasteiger partial charge < -0.3 is 15.6 Å². The standard InChI is InChI=1S/C10H18N4O/c11-10(15)3-1-4-12-5-2-7-14-8-6-13-9-14/h6,8-9,12H,1-5,7H2,(H2,11,15). The molecule has 0 radical (unpaired) electrons. The van der Waals surface area contributed by atoms with Crippen LogP contribution in [-0.4, -0.2) is 28.5 Å². The van der Waals surface area contributed by atoms with Crippen molar-refractivity contribution in [1.29, 1.82) is 0 Å². The zero-order valence-electron chi connectivity index (χ0n) is 8.85. The lowest BCUT2D eigenvalue weighted by Crippen LogP contribution is -2.20. The van der Waals surface area contributed by atoms with Crippen molar-refractivity contribution in [3.63, 3.8) is 0 Å². The second-order valence-electron chi connectivity index (χ2n) is 3.47. The monoisotopic (exact) mass is 210 g/mol. The number of rotatable bonds is 8. The number of nitrogens with two attached hydrogens (primary N) is 1. The van der Waals surface area contributed by atoms with Crippen LogP contribution in [0.1, 0.15) is 19.3 Å². The molecule has 0 aromatic carbocycles. The lowest BCUT2D eigenvalue weighted by Gasteiger charge is -2.04. The largest absolute Gasteiger partial charge is 0.370 e. The average Bonchev–Trinajstić information content (AvgIpc) is 2.68. The van der Waals surface area contributed by atoms with Crippen LogP contribution in [0.4, 0.5) is 0 Å². The topological polar surface area (TPSA) is 72.9 Å². The van der Waals surface area contributed by atoms with Gasteiger partial charge in [-0.2, -0.15) is 0 Å². The Balaban J connectivity index is 1.87. The van der Waals surface area contributed by atoms with Gasteiger partial charge in [0.1, 0.15) is 0 Å². The van der Waals surface area contributed by atoms with E-state index in [1.807, 2.05) is 17.1 Å². The first-order chi connectivity index (χ1) is 7.29. The number of aromatic nitrogens is 2. The minimum Gasteiger partial charge on any atom is -0.370 e. The molecule has 1 aromatic rings. The molecule has 0 fully saturated rings. The third-order valence-corrected chi connectivity index (χ3v) is 2.11. The second kappa shape index (κ2) is 7.00. The summed E-state index contributed by atoms with van der Waals surface area (Å²) < 4.78 is 2.05. The summed E-state index contributed by atoms with van der Waals surface area (Å²) in [6, 6.07) is 0. The van der Waals surface area contributed by atoms with Crippen LogP contribution in [0.25, 0.3) is 0 Å². The van der Waals surface area contributed by atoms with Crippen molar-refractivity contribution in [1.82, 2.24) is 14.9 Å². The molecule has 1 heterocycles. The second-order valence-corrected chi connectivity index (χ2v) is 3.47. The number of nitrogens with one attached hydrogen (secondary N) is 1. The normalized spacial score (nSPS) is 10.4. The summed E-state index contributed by atoms with van der Waals surface area (Å²) in [6.45, 7) is 2.78. The minimum absolute atomic E-state index is 0.227. The maximum absolute atomic E-state index is 10.4. The fourth-order valence-electron chi connectivity index (χ4n) is 1.32. The zero-order chi connectivity index (χ0) is 10.9. The zero-order valence-corrected chi connectivity index (χ0v) is 8.85. The smallest absolute Gasteiger partial charge is 0.217 e. The molecule has 5 heteroatoms. The fourth-order valence-corrected chi connectivity index (χ4v) is 1.32. The van der Waals surface area contributed by atoms with Gasteiger partial charge in [0.25, 0.3) is 0 Å². The molecule has 0 unspecified atom stereocenters. The molecule has 1 aromatic heterocycles. The van der Waals surface area contributed by atoms with E-state index in [2.05, 4.69) is 10.3 Å². The molecule has 0 aliphatic rings. The Hall–Kier alpha value is -1.36. The molecule has 1 amide bonds. The molecule has 1 rings (SSSR count). The molecular weight excluding hydrogens is 192 g/mol. The van der Waals surface area contributed by atoms with Crippen LogP contribution >= 0.6 is 0 Å². The summed E-state index contributed by atoms with van der Waals surface area (Å²) in [5.74, 6) is -0.227. The number of nitrogens with zero attached hydrogens (tertiary/aromatic N) is 2. The van der Waals surface area contributed by atoms with Gasteiger partial charge in [-0.05, 0) is 25.9 Å². The van der Waals surface area contributed by atoms with Crippen LogP contribution in [-0.2, 0) is 11.3 Å². The van der Waals surface area contributed by atoms with Crippen molar-refractivity contribution in [2.45, 2.75) is 25.8 Å². The van der Waals surface area contributed by atoms with Gasteiger partial charge in [0.2, 0.25) is 5.91 Å². The first-order valence-corrected chi connectivity index (χ1v) is 5.24. The van der Waals surface area contributed by atoms with Gasteiger partial charge in [0.15, 0.2) is 0 Å². The molecule has 0 atom stereocenters. The van der Waals surface area contributed by atoms with Crippen molar-refractivity contribution in [2.24, 2.45) is 5.73 Å². The Bertz CT molecular complexity index is 271. The lowest BCUT2D eigenvalue weighted by atomic mass is 10.3. The number of aryl methyl sites for hydroxylation is 1. The number of amides is 1. The van der Waals surface area contributed by atoms with Gasteiger partial charge in [-0.25, -0.2) is 4.98 Å². The number of carbonyl (C=O) groups is 1. The first-order valence-electron chi connectivity index (χ1n) is 5.24. The third kappa shape index (κ3) is 5.85. The molecular formula is C10H18N4O. The van der Waals surface area contributed by atoms with Crippen molar-refractivity contribution in [2.75, 3.05) is 13.1 Å². The fraction of sp³-hybridized carbons (Fsp3) is 0.600. The number of hydrogen-bond acceptors (Lipinski definition) is 3. The molecule has 5 nitrogen and oxygen atoms in total. The lowest BCUT2D eigenvalue weighted by molar-refractivity contribution is -0.118. The highest BCUT2D eigenvalue weighted by atomic mass is 16.1. The molecule has 0 saturated carbocycles. The molecule has 0 spiro atoms. The highest BCUT2D eigenvalue weighted by Crippen LogP contribution is 1.89. The van der Waals surface area contributed by atoms with E-state index in [1.54, 1.807) is 6.20 Å². The SMILES string of the molecule is NC(=O)CCCNCCCn1ccnc1. The van der Waals surface area contributed by atoms with E-state index in [9.17, 15) is 4.79 Å². The Kier molecular flexibility index (Phi) is 5.47. The Morgan fingerprint density at radius 1 is 1.40 bits per heavy atom. The van der Waals surface area contributed by atoms with Crippen LogP contribution < -0.4 is 11.1 Å². The predicted molar refractivity (Wildman–Crippen MR) is 58.1 cm³/mol.